The van der Waals surface area contributed by atoms with Crippen molar-refractivity contribution in [2.24, 2.45) is 5.41 Å². The number of hydrogen-bond donors (Lipinski definition) is 3. The first kappa shape index (κ1) is 33.6. The van der Waals surface area contributed by atoms with Gasteiger partial charge in [-0.3, -0.25) is 4.79 Å². The van der Waals surface area contributed by atoms with Gasteiger partial charge in [0.1, 0.15) is 0 Å². The number of rotatable bonds is 7. The Balaban J connectivity index is 1.59. The number of nitrogens with one attached hydrogen (secondary N) is 1. The summed E-state index contributed by atoms with van der Waals surface area (Å²) in [5, 5.41) is 26.8. The molecule has 3 aromatic carbocycles. The van der Waals surface area contributed by atoms with E-state index in [1.54, 1.807) is 4.90 Å². The fourth-order valence-electron chi connectivity index (χ4n) is 7.60. The number of fused-ring (bicyclic) bond motifs is 8. The van der Waals surface area contributed by atoms with Crippen LogP contribution in [0.4, 0.5) is 4.79 Å². The molecule has 0 unspecified atom stereocenters. The van der Waals surface area contributed by atoms with Crippen molar-refractivity contribution in [2.75, 3.05) is 6.54 Å². The van der Waals surface area contributed by atoms with E-state index in [1.807, 2.05) is 86.6 Å². The molecule has 0 spiro atoms. The highest BCUT2D eigenvalue weighted by atomic mass is 16.3. The Labute approximate surface area is 274 Å². The summed E-state index contributed by atoms with van der Waals surface area (Å²) in [7, 11) is 0. The average molecular weight is 623 g/mol. The van der Waals surface area contributed by atoms with Crippen LogP contribution >= 0.6 is 0 Å². The molecule has 4 atom stereocenters. The van der Waals surface area contributed by atoms with E-state index in [-0.39, 0.29) is 30.3 Å². The molecular weight excluding hydrogens is 572 g/mol. The van der Waals surface area contributed by atoms with Crippen LogP contribution in [0.2, 0.25) is 0 Å². The minimum Gasteiger partial charge on any atom is -0.393 e. The lowest BCUT2D eigenvalue weighted by atomic mass is 9.64. The number of aliphatic hydroxyl groups is 2. The molecule has 2 bridgehead atoms. The average Bonchev–Trinajstić information content (AvgIpc) is 3.28. The van der Waals surface area contributed by atoms with Crippen LogP contribution in [0.3, 0.4) is 0 Å². The molecule has 6 rings (SSSR count). The fourth-order valence-corrected chi connectivity index (χ4v) is 7.60. The Morgan fingerprint density at radius 2 is 1.67 bits per heavy atom. The standard InChI is InChI=1S/C40H50N2O4/c1-28(2)41-38(45)42(26-30-13-7-5-8-14-30)27-40(46)23-21-36-34-20-18-31(25-35(34)37(44)32-15-9-6-10-16-32)24-33(43)19-17-29(3)12-11-22-39(36,40)4/h5-10,12-16,18,20,25,28,33,36,43,46H,11,17,19,21-24,26-27H2,1-4H3,(H,41,45)/t33-,36-,39-,40+/m0/s1. The van der Waals surface area contributed by atoms with E-state index < -0.39 is 17.1 Å². The number of ketones is 1. The maximum absolute atomic E-state index is 14.1. The van der Waals surface area contributed by atoms with Gasteiger partial charge in [-0.1, -0.05) is 91.4 Å². The topological polar surface area (TPSA) is 89.9 Å². The lowest BCUT2D eigenvalue weighted by Crippen LogP contribution is -2.55. The third-order valence-electron chi connectivity index (χ3n) is 10.3. The van der Waals surface area contributed by atoms with E-state index >= 15 is 0 Å². The summed E-state index contributed by atoms with van der Waals surface area (Å²) < 4.78 is 0. The Morgan fingerprint density at radius 1 is 0.978 bits per heavy atom. The van der Waals surface area contributed by atoms with Gasteiger partial charge < -0.3 is 20.4 Å². The summed E-state index contributed by atoms with van der Waals surface area (Å²) in [6.07, 6.45) is 6.32. The van der Waals surface area contributed by atoms with Crippen molar-refractivity contribution in [3.05, 3.63) is 118 Å². The number of benzene rings is 3. The van der Waals surface area contributed by atoms with Crippen molar-refractivity contribution in [2.45, 2.75) is 103 Å². The van der Waals surface area contributed by atoms with Crippen molar-refractivity contribution in [3.8, 4) is 0 Å². The highest BCUT2D eigenvalue weighted by molar-refractivity contribution is 6.10. The Bertz CT molecular complexity index is 1540. The summed E-state index contributed by atoms with van der Waals surface area (Å²) in [4.78, 5) is 29.5. The van der Waals surface area contributed by atoms with E-state index in [0.717, 1.165) is 29.5 Å². The van der Waals surface area contributed by atoms with Crippen molar-refractivity contribution in [3.63, 3.8) is 0 Å². The molecule has 0 saturated heterocycles. The van der Waals surface area contributed by atoms with Gasteiger partial charge in [-0.25, -0.2) is 4.79 Å². The molecule has 0 radical (unpaired) electrons. The largest absolute Gasteiger partial charge is 0.393 e. The van der Waals surface area contributed by atoms with E-state index in [4.69, 9.17) is 0 Å². The SMILES string of the molecule is CC1=CCC[C@@]2(C)[C@@H](CC[C@@]2(O)CN(Cc2ccccc2)C(=O)NC(C)C)c2ccc(cc2C(=O)c2ccccc2)C[C@@H](O)CC1. The molecule has 0 heterocycles. The number of carbonyl (C=O) groups excluding carboxylic acids is 2. The summed E-state index contributed by atoms with van der Waals surface area (Å²) in [5.41, 5.74) is 3.54. The number of nitrogens with zero attached hydrogens (tertiary/aromatic N) is 1. The first-order chi connectivity index (χ1) is 22.0. The minimum absolute atomic E-state index is 0.0432. The molecule has 3 aliphatic rings. The molecular formula is C40H50N2O4. The molecule has 46 heavy (non-hydrogen) atoms. The van der Waals surface area contributed by atoms with Gasteiger partial charge in [-0.2, -0.15) is 0 Å². The molecule has 3 N–H and O–H groups in total. The quantitative estimate of drug-likeness (QED) is 0.187. The summed E-state index contributed by atoms with van der Waals surface area (Å²) in [5.74, 6) is -0.155. The molecule has 2 amide bonds. The third kappa shape index (κ3) is 7.45. The first-order valence-electron chi connectivity index (χ1n) is 16.9. The number of allylic oxidation sites excluding steroid dienone is 2. The van der Waals surface area contributed by atoms with Crippen molar-refractivity contribution < 1.29 is 19.8 Å². The monoisotopic (exact) mass is 622 g/mol. The smallest absolute Gasteiger partial charge is 0.317 e. The lowest BCUT2D eigenvalue weighted by Gasteiger charge is -2.46. The van der Waals surface area contributed by atoms with Crippen LogP contribution in [0.1, 0.15) is 105 Å². The second kappa shape index (κ2) is 14.4. The molecule has 6 nitrogen and oxygen atoms in total. The molecule has 6 heteroatoms. The molecule has 0 aliphatic heterocycles. The van der Waals surface area contributed by atoms with Gasteiger partial charge in [0.15, 0.2) is 5.78 Å². The zero-order valence-electron chi connectivity index (χ0n) is 27.8. The van der Waals surface area contributed by atoms with Crippen LogP contribution < -0.4 is 5.32 Å². The maximum atomic E-state index is 14.1. The second-order valence-corrected chi connectivity index (χ2v) is 14.1. The van der Waals surface area contributed by atoms with Gasteiger partial charge in [0.25, 0.3) is 0 Å². The van der Waals surface area contributed by atoms with E-state index in [2.05, 4.69) is 31.3 Å². The summed E-state index contributed by atoms with van der Waals surface area (Å²) >= 11 is 0. The number of aliphatic hydroxyl groups excluding tert-OH is 1. The minimum atomic E-state index is -1.19. The van der Waals surface area contributed by atoms with Crippen LogP contribution in [-0.2, 0) is 13.0 Å². The van der Waals surface area contributed by atoms with Gasteiger partial charge >= 0.3 is 6.03 Å². The first-order valence-corrected chi connectivity index (χ1v) is 16.9. The number of urea groups is 1. The van der Waals surface area contributed by atoms with Crippen molar-refractivity contribution >= 4 is 11.8 Å². The van der Waals surface area contributed by atoms with E-state index in [0.29, 0.717) is 49.8 Å². The molecule has 1 fully saturated rings. The Hall–Kier alpha value is -3.74. The van der Waals surface area contributed by atoms with Crippen molar-refractivity contribution in [1.82, 2.24) is 10.2 Å². The zero-order valence-corrected chi connectivity index (χ0v) is 27.8. The molecule has 1 saturated carbocycles. The van der Waals surface area contributed by atoms with Gasteiger partial charge in [0, 0.05) is 29.1 Å². The normalized spacial score (nSPS) is 25.0. The van der Waals surface area contributed by atoms with E-state index in [1.165, 1.54) is 5.57 Å². The number of carbonyl (C=O) groups is 2. The van der Waals surface area contributed by atoms with Crippen molar-refractivity contribution in [1.29, 1.82) is 0 Å². The zero-order chi connectivity index (χ0) is 32.9. The molecule has 3 aliphatic carbocycles. The second-order valence-electron chi connectivity index (χ2n) is 14.1. The van der Waals surface area contributed by atoms with Crippen LogP contribution in [0, 0.1) is 5.41 Å². The van der Waals surface area contributed by atoms with Gasteiger partial charge in [-0.15, -0.1) is 0 Å². The predicted molar refractivity (Wildman–Crippen MR) is 184 cm³/mol. The number of hydrogen-bond acceptors (Lipinski definition) is 4. The Morgan fingerprint density at radius 3 is 2.37 bits per heavy atom. The number of amides is 2. The molecule has 3 aromatic rings. The van der Waals surface area contributed by atoms with Crippen LogP contribution in [0.25, 0.3) is 0 Å². The van der Waals surface area contributed by atoms with Crippen LogP contribution in [0.5, 0.6) is 0 Å². The lowest BCUT2D eigenvalue weighted by molar-refractivity contribution is -0.0781. The third-order valence-corrected chi connectivity index (χ3v) is 10.3. The van der Waals surface area contributed by atoms with Gasteiger partial charge in [0.2, 0.25) is 0 Å². The molecule has 244 valence electrons. The Kier molecular flexibility index (Phi) is 10.5. The highest BCUT2D eigenvalue weighted by Crippen LogP contribution is 2.59. The van der Waals surface area contributed by atoms with Crippen LogP contribution in [-0.4, -0.2) is 51.2 Å². The fraction of sp³-hybridized carbons (Fsp3) is 0.450. The van der Waals surface area contributed by atoms with Crippen LogP contribution in [0.15, 0.2) is 90.5 Å². The highest BCUT2D eigenvalue weighted by Gasteiger charge is 2.57. The predicted octanol–water partition coefficient (Wildman–Crippen LogP) is 7.58. The van der Waals surface area contributed by atoms with E-state index in [9.17, 15) is 19.8 Å². The molecule has 0 aromatic heterocycles. The maximum Gasteiger partial charge on any atom is 0.317 e. The van der Waals surface area contributed by atoms with Gasteiger partial charge in [0.05, 0.1) is 18.2 Å². The van der Waals surface area contributed by atoms with Gasteiger partial charge in [-0.05, 0) is 94.4 Å². The summed E-state index contributed by atoms with van der Waals surface area (Å²) in [6, 6.07) is 25.1. The summed E-state index contributed by atoms with van der Waals surface area (Å²) in [6.45, 7) is 8.73.